The quantitative estimate of drug-likeness (QED) is 0.495. The fourth-order valence-electron chi connectivity index (χ4n) is 2.40. The summed E-state index contributed by atoms with van der Waals surface area (Å²) in [5, 5.41) is 9.03. The Kier molecular flexibility index (Phi) is 4.15. The molecule has 0 spiro atoms. The molecule has 3 atom stereocenters. The van der Waals surface area contributed by atoms with Gasteiger partial charge in [0.15, 0.2) is 0 Å². The number of fused-ring (bicyclic) bond motifs is 1. The van der Waals surface area contributed by atoms with Gasteiger partial charge in [-0.05, 0) is 12.8 Å². The third-order valence-electron chi connectivity index (χ3n) is 3.36. The van der Waals surface area contributed by atoms with E-state index in [0.29, 0.717) is 17.7 Å². The minimum atomic E-state index is -0.0318. The Morgan fingerprint density at radius 3 is 3.06 bits per heavy atom. The summed E-state index contributed by atoms with van der Waals surface area (Å²) in [4.78, 5) is 22.2. The number of carbonyl (C=O) groups is 2. The number of carbonyl (C=O) groups excluding carboxylic acids is 2. The van der Waals surface area contributed by atoms with Crippen molar-refractivity contribution in [3.05, 3.63) is 0 Å². The van der Waals surface area contributed by atoms with Crippen LogP contribution in [0.5, 0.6) is 0 Å². The van der Waals surface area contributed by atoms with Gasteiger partial charge in [0, 0.05) is 24.5 Å². The Labute approximate surface area is 105 Å². The van der Waals surface area contributed by atoms with Crippen molar-refractivity contribution >= 4 is 23.7 Å². The summed E-state index contributed by atoms with van der Waals surface area (Å²) in [7, 11) is 1.67. The molecule has 2 saturated heterocycles. The molecule has 2 rings (SSSR count). The number of rotatable bonds is 5. The number of hydrogen-bond donors (Lipinski definition) is 3. The maximum absolute atomic E-state index is 11.2. The van der Waals surface area contributed by atoms with E-state index in [2.05, 4.69) is 16.0 Å². The van der Waals surface area contributed by atoms with Gasteiger partial charge in [0.2, 0.25) is 5.91 Å². The number of hydrogen-bond acceptors (Lipinski definition) is 3. The zero-order chi connectivity index (χ0) is 12.3. The van der Waals surface area contributed by atoms with Crippen LogP contribution in [0.1, 0.15) is 25.7 Å². The first-order chi connectivity index (χ1) is 8.20. The molecule has 96 valence electrons. The highest BCUT2D eigenvalue weighted by Crippen LogP contribution is 2.33. The fourth-order valence-corrected chi connectivity index (χ4v) is 3.94. The second kappa shape index (κ2) is 5.62. The van der Waals surface area contributed by atoms with Gasteiger partial charge >= 0.3 is 6.03 Å². The first-order valence-corrected chi connectivity index (χ1v) is 7.15. The highest BCUT2D eigenvalue weighted by molar-refractivity contribution is 8.00. The molecule has 0 aromatic rings. The van der Waals surface area contributed by atoms with Crippen LogP contribution >= 0.6 is 11.8 Å². The highest BCUT2D eigenvalue weighted by atomic mass is 32.2. The number of nitrogens with one attached hydrogen (secondary N) is 3. The van der Waals surface area contributed by atoms with E-state index in [4.69, 9.17) is 0 Å². The fraction of sp³-hybridized carbons (Fsp3) is 0.818. The summed E-state index contributed by atoms with van der Waals surface area (Å²) in [6.07, 6.45) is 3.65. The molecule has 0 aromatic heterocycles. The molecular formula is C11H19N3O2S. The third-order valence-corrected chi connectivity index (χ3v) is 4.87. The lowest BCUT2D eigenvalue weighted by atomic mass is 10.0. The standard InChI is InChI=1S/C11H19N3O2S/c1-12-9(15)5-3-2-4-8-10-7(6-17-8)13-11(16)14-10/h7-8,10H,2-6H2,1H3,(H,12,15)(H2,13,14,16)/t7-,8-,10+/m1/s1. The van der Waals surface area contributed by atoms with Gasteiger partial charge in [0.25, 0.3) is 0 Å². The second-order valence-electron chi connectivity index (χ2n) is 4.54. The number of urea groups is 1. The predicted octanol–water partition coefficient (Wildman–Crippen LogP) is 0.458. The molecule has 2 aliphatic rings. The Morgan fingerprint density at radius 2 is 2.29 bits per heavy atom. The van der Waals surface area contributed by atoms with Crippen LogP contribution in [0, 0.1) is 0 Å². The van der Waals surface area contributed by atoms with Crippen molar-refractivity contribution in [3.8, 4) is 0 Å². The summed E-state index contributed by atoms with van der Waals surface area (Å²) in [5.74, 6) is 1.11. The number of thioether (sulfide) groups is 1. The first kappa shape index (κ1) is 12.5. The lowest BCUT2D eigenvalue weighted by molar-refractivity contribution is -0.120. The lowest BCUT2D eigenvalue weighted by Gasteiger charge is -2.16. The van der Waals surface area contributed by atoms with Crippen molar-refractivity contribution in [1.29, 1.82) is 0 Å². The Morgan fingerprint density at radius 1 is 1.47 bits per heavy atom. The van der Waals surface area contributed by atoms with E-state index in [1.165, 1.54) is 0 Å². The van der Waals surface area contributed by atoms with Crippen LogP contribution in [0.4, 0.5) is 4.79 Å². The van der Waals surface area contributed by atoms with Crippen LogP contribution in [-0.2, 0) is 4.79 Å². The van der Waals surface area contributed by atoms with Crippen molar-refractivity contribution < 1.29 is 9.59 Å². The van der Waals surface area contributed by atoms with Crippen molar-refractivity contribution in [2.75, 3.05) is 12.8 Å². The van der Waals surface area contributed by atoms with Crippen LogP contribution in [0.3, 0.4) is 0 Å². The van der Waals surface area contributed by atoms with Gasteiger partial charge in [0.1, 0.15) is 0 Å². The summed E-state index contributed by atoms with van der Waals surface area (Å²) < 4.78 is 0. The van der Waals surface area contributed by atoms with Crippen LogP contribution in [0.15, 0.2) is 0 Å². The number of amides is 3. The lowest BCUT2D eigenvalue weighted by Crippen LogP contribution is -2.36. The molecule has 0 saturated carbocycles. The largest absolute Gasteiger partial charge is 0.359 e. The van der Waals surface area contributed by atoms with Crippen molar-refractivity contribution in [2.45, 2.75) is 43.0 Å². The predicted molar refractivity (Wildman–Crippen MR) is 68.0 cm³/mol. The molecule has 17 heavy (non-hydrogen) atoms. The molecular weight excluding hydrogens is 238 g/mol. The highest BCUT2D eigenvalue weighted by Gasteiger charge is 2.42. The van der Waals surface area contributed by atoms with Crippen LogP contribution in [0.25, 0.3) is 0 Å². The molecule has 0 aliphatic carbocycles. The molecule has 5 nitrogen and oxygen atoms in total. The Hall–Kier alpha value is -0.910. The SMILES string of the molecule is CNC(=O)CCCC[C@H]1SC[C@H]2NC(=O)N[C@@H]21. The van der Waals surface area contributed by atoms with E-state index in [-0.39, 0.29) is 18.0 Å². The van der Waals surface area contributed by atoms with Gasteiger partial charge in [-0.3, -0.25) is 4.79 Å². The topological polar surface area (TPSA) is 70.2 Å². The van der Waals surface area contributed by atoms with Crippen LogP contribution < -0.4 is 16.0 Å². The van der Waals surface area contributed by atoms with E-state index in [9.17, 15) is 9.59 Å². The smallest absolute Gasteiger partial charge is 0.315 e. The second-order valence-corrected chi connectivity index (χ2v) is 5.81. The zero-order valence-electron chi connectivity index (χ0n) is 9.99. The molecule has 0 bridgehead atoms. The van der Waals surface area contributed by atoms with Crippen molar-refractivity contribution in [1.82, 2.24) is 16.0 Å². The maximum atomic E-state index is 11.2. The molecule has 0 aromatic carbocycles. The summed E-state index contributed by atoms with van der Waals surface area (Å²) in [6.45, 7) is 0. The average Bonchev–Trinajstić information content (AvgIpc) is 2.84. The minimum Gasteiger partial charge on any atom is -0.359 e. The van der Waals surface area contributed by atoms with Gasteiger partial charge < -0.3 is 16.0 Å². The van der Waals surface area contributed by atoms with E-state index < -0.39 is 0 Å². The van der Waals surface area contributed by atoms with Crippen LogP contribution in [-0.4, -0.2) is 42.1 Å². The van der Waals surface area contributed by atoms with E-state index >= 15 is 0 Å². The molecule has 6 heteroatoms. The van der Waals surface area contributed by atoms with Gasteiger partial charge in [-0.2, -0.15) is 11.8 Å². The molecule has 2 aliphatic heterocycles. The van der Waals surface area contributed by atoms with Gasteiger partial charge in [-0.1, -0.05) is 6.42 Å². The molecule has 0 radical (unpaired) electrons. The summed E-state index contributed by atoms with van der Waals surface area (Å²) >= 11 is 1.92. The monoisotopic (exact) mass is 257 g/mol. The average molecular weight is 257 g/mol. The first-order valence-electron chi connectivity index (χ1n) is 6.10. The van der Waals surface area contributed by atoms with Crippen LogP contribution in [0.2, 0.25) is 0 Å². The normalized spacial score (nSPS) is 30.6. The Balaban J connectivity index is 1.66. The maximum Gasteiger partial charge on any atom is 0.315 e. The van der Waals surface area contributed by atoms with Gasteiger partial charge in [-0.25, -0.2) is 4.79 Å². The van der Waals surface area contributed by atoms with Crippen molar-refractivity contribution in [3.63, 3.8) is 0 Å². The van der Waals surface area contributed by atoms with Gasteiger partial charge in [0.05, 0.1) is 12.1 Å². The molecule has 3 amide bonds. The Bertz CT molecular complexity index is 311. The van der Waals surface area contributed by atoms with Crippen molar-refractivity contribution in [2.24, 2.45) is 0 Å². The summed E-state index contributed by atoms with van der Waals surface area (Å²) in [6, 6.07) is 0.555. The summed E-state index contributed by atoms with van der Waals surface area (Å²) in [5.41, 5.74) is 0. The van der Waals surface area contributed by atoms with E-state index in [1.807, 2.05) is 11.8 Å². The molecule has 0 unspecified atom stereocenters. The van der Waals surface area contributed by atoms with Gasteiger partial charge in [-0.15, -0.1) is 0 Å². The molecule has 2 heterocycles. The van der Waals surface area contributed by atoms with E-state index in [1.54, 1.807) is 7.05 Å². The van der Waals surface area contributed by atoms with E-state index in [0.717, 1.165) is 25.0 Å². The zero-order valence-corrected chi connectivity index (χ0v) is 10.8. The number of unbranched alkanes of at least 4 members (excludes halogenated alkanes) is 1. The minimum absolute atomic E-state index is 0.0318. The molecule has 2 fully saturated rings. The molecule has 3 N–H and O–H groups in total. The third kappa shape index (κ3) is 3.06.